The van der Waals surface area contributed by atoms with Gasteiger partial charge in [-0.15, -0.1) is 0 Å². The first-order valence-corrected chi connectivity index (χ1v) is 15.9. The Kier molecular flexibility index (Phi) is 7.13. The zero-order valence-electron chi connectivity index (χ0n) is 20.4. The number of hydrogen-bond donors (Lipinski definition) is 3. The average molecular weight is 611 g/mol. The molecule has 0 saturated carbocycles. The summed E-state index contributed by atoms with van der Waals surface area (Å²) in [6.45, 7) is -1.31. The Balaban J connectivity index is 1.36. The van der Waals surface area contributed by atoms with Crippen molar-refractivity contribution in [2.45, 2.75) is 37.8 Å². The molecule has 2 bridgehead atoms. The molecule has 1 saturated heterocycles. The zero-order valence-corrected chi connectivity index (χ0v) is 23.0. The average Bonchev–Trinajstić information content (AvgIpc) is 3.55. The number of alkyl halides is 1. The highest BCUT2D eigenvalue weighted by Gasteiger charge is 2.51. The fraction of sp³-hybridized carbons (Fsp3) is 0.421. The standard InChI is InChI=1S/C19H21BFN9O7P2S/c1-9-14-17(28-19(22)26-9)30(8-25-14)18-15-13(21)11(36-18)5-34-38(20,31)33-3-2-29-12(6-35-39(32,40)37-15)27-10-4-23-7-24-16(10)29/h4,7-8,11,13,15,18H,1-3,5-6H2,(H,32,40)(H3,22,26,28)/t11-,13-,15-,18-,38?,39?/m1/s1. The molecule has 16 nitrogen and oxygen atoms in total. The lowest BCUT2D eigenvalue weighted by Gasteiger charge is -2.26. The number of rotatable bonds is 1. The van der Waals surface area contributed by atoms with Crippen LogP contribution >= 0.6 is 14.2 Å². The highest BCUT2D eigenvalue weighted by atomic mass is 32.5. The topological polar surface area (TPSA) is 195 Å². The van der Waals surface area contributed by atoms with Gasteiger partial charge in [0.1, 0.15) is 42.2 Å². The lowest BCUT2D eigenvalue weighted by Crippen LogP contribution is -2.33. The van der Waals surface area contributed by atoms with Crippen LogP contribution in [0.3, 0.4) is 0 Å². The van der Waals surface area contributed by atoms with Crippen molar-refractivity contribution >= 4 is 62.2 Å². The Hall–Kier alpha value is -2.60. The van der Waals surface area contributed by atoms with Crippen molar-refractivity contribution < 1.29 is 36.7 Å². The van der Waals surface area contributed by atoms with Gasteiger partial charge in [-0.1, -0.05) is 6.58 Å². The second-order valence-electron chi connectivity index (χ2n) is 8.83. The molecule has 0 aliphatic carbocycles. The van der Waals surface area contributed by atoms with Gasteiger partial charge in [-0.2, -0.15) is 4.99 Å². The molecule has 21 heteroatoms. The minimum absolute atomic E-state index is 0.0188. The van der Waals surface area contributed by atoms with E-state index in [-0.39, 0.29) is 37.4 Å². The van der Waals surface area contributed by atoms with E-state index in [1.54, 1.807) is 4.57 Å². The van der Waals surface area contributed by atoms with E-state index in [2.05, 4.69) is 36.8 Å². The fourth-order valence-electron chi connectivity index (χ4n) is 4.45. The van der Waals surface area contributed by atoms with E-state index in [1.165, 1.54) is 23.4 Å². The molecule has 0 amide bonds. The van der Waals surface area contributed by atoms with Crippen molar-refractivity contribution in [3.8, 4) is 0 Å². The summed E-state index contributed by atoms with van der Waals surface area (Å²) in [5.74, 6) is 0.477. The van der Waals surface area contributed by atoms with Gasteiger partial charge in [0.15, 0.2) is 29.8 Å². The van der Waals surface area contributed by atoms with E-state index in [4.69, 9.17) is 47.9 Å². The Bertz CT molecular complexity index is 1620. The van der Waals surface area contributed by atoms with Crippen molar-refractivity contribution in [2.24, 2.45) is 10.7 Å². The number of nitrogens with two attached hydrogens (primary N) is 1. The molecule has 6 heterocycles. The molecular weight excluding hydrogens is 590 g/mol. The molecule has 6 rings (SSSR count). The van der Waals surface area contributed by atoms with Gasteiger partial charge in [-0.3, -0.25) is 13.7 Å². The number of aromatic nitrogens is 6. The van der Waals surface area contributed by atoms with Crippen LogP contribution in [0.2, 0.25) is 0 Å². The lowest BCUT2D eigenvalue weighted by molar-refractivity contribution is -0.0466. The molecule has 0 aromatic carbocycles. The fourth-order valence-corrected chi connectivity index (χ4v) is 6.54. The van der Waals surface area contributed by atoms with Crippen molar-refractivity contribution in [2.75, 3.05) is 13.2 Å². The third kappa shape index (κ3) is 5.24. The number of aliphatic imine (C=N–C) groups is 1. The largest absolute Gasteiger partial charge is 0.369 e. The maximum atomic E-state index is 15.8. The summed E-state index contributed by atoms with van der Waals surface area (Å²) in [6.07, 6.45) is -2.04. The molecule has 210 valence electrons. The summed E-state index contributed by atoms with van der Waals surface area (Å²) < 4.78 is 59.3. The van der Waals surface area contributed by atoms with Gasteiger partial charge in [-0.05, 0) is 11.8 Å². The minimum Gasteiger partial charge on any atom is -0.369 e. The molecule has 3 aromatic heterocycles. The molecule has 4 N–H and O–H groups in total. The normalized spacial score (nSPS) is 33.4. The van der Waals surface area contributed by atoms with Gasteiger partial charge in [0.05, 0.1) is 31.4 Å². The number of fused-ring (bicyclic) bond motifs is 6. The second-order valence-corrected chi connectivity index (χ2v) is 13.2. The summed E-state index contributed by atoms with van der Waals surface area (Å²) >= 11 is 5.23. The maximum Gasteiger partial charge on any atom is 0.325 e. The molecule has 0 spiro atoms. The van der Waals surface area contributed by atoms with Crippen molar-refractivity contribution in [1.29, 1.82) is 0 Å². The predicted octanol–water partition coefficient (Wildman–Crippen LogP) is 0.921. The van der Waals surface area contributed by atoms with Crippen LogP contribution in [0.15, 0.2) is 30.4 Å². The first-order valence-electron chi connectivity index (χ1n) is 11.7. The molecular formula is C19H21BFN9O7P2S. The molecule has 1 fully saturated rings. The lowest BCUT2D eigenvalue weighted by atomic mass is 10.1. The van der Waals surface area contributed by atoms with E-state index in [0.29, 0.717) is 22.6 Å². The van der Waals surface area contributed by atoms with Crippen LogP contribution in [0.5, 0.6) is 0 Å². The second kappa shape index (κ2) is 10.3. The third-order valence-corrected chi connectivity index (χ3v) is 8.79. The Morgan fingerprint density at radius 2 is 2.15 bits per heavy atom. The van der Waals surface area contributed by atoms with Gasteiger partial charge in [-0.25, -0.2) is 24.3 Å². The summed E-state index contributed by atoms with van der Waals surface area (Å²) in [6, 6.07) is 0. The first-order chi connectivity index (χ1) is 19.0. The summed E-state index contributed by atoms with van der Waals surface area (Å²) in [5, 5.41) is 2.75. The van der Waals surface area contributed by atoms with Crippen LogP contribution in [0, 0.1) is 0 Å². The Morgan fingerprint density at radius 3 is 2.98 bits per heavy atom. The highest BCUT2D eigenvalue weighted by molar-refractivity contribution is 8.07. The molecule has 3 aliphatic heterocycles. The molecule has 2 unspecified atom stereocenters. The molecule has 6 atom stereocenters. The van der Waals surface area contributed by atoms with Crippen LogP contribution < -0.4 is 11.1 Å². The summed E-state index contributed by atoms with van der Waals surface area (Å²) in [7, 11) is 1.60. The van der Waals surface area contributed by atoms with Crippen LogP contribution in [0.1, 0.15) is 17.7 Å². The van der Waals surface area contributed by atoms with E-state index < -0.39 is 45.4 Å². The monoisotopic (exact) mass is 611 g/mol. The van der Waals surface area contributed by atoms with E-state index in [1.807, 2.05) is 0 Å². The molecule has 2 radical (unpaired) electrons. The van der Waals surface area contributed by atoms with Gasteiger partial charge in [0.2, 0.25) is 7.57 Å². The van der Waals surface area contributed by atoms with E-state index in [0.717, 1.165) is 0 Å². The number of guanidine groups is 1. The van der Waals surface area contributed by atoms with Gasteiger partial charge < -0.3 is 38.8 Å². The molecule has 40 heavy (non-hydrogen) atoms. The van der Waals surface area contributed by atoms with Crippen LogP contribution in [0.4, 0.5) is 10.2 Å². The van der Waals surface area contributed by atoms with Crippen LogP contribution in [-0.2, 0) is 52.4 Å². The van der Waals surface area contributed by atoms with Crippen LogP contribution in [-0.4, -0.2) is 79.1 Å². The zero-order chi connectivity index (χ0) is 28.2. The SMILES string of the molecule is [B]P1(=O)OCCn2c(nc3cncnc32)COP(O)(=S)O[C@@H]2[C@H](F)[C@@H](CO1)O[C@H]2n1cnc2c1N=C(N)NC2=C. The Morgan fingerprint density at radius 1 is 1.32 bits per heavy atom. The third-order valence-electron chi connectivity index (χ3n) is 6.20. The van der Waals surface area contributed by atoms with Gasteiger partial charge in [0, 0.05) is 6.54 Å². The summed E-state index contributed by atoms with van der Waals surface area (Å²) in [5.41, 5.74) is 7.35. The van der Waals surface area contributed by atoms with Gasteiger partial charge >= 0.3 is 6.72 Å². The number of hydrogen-bond acceptors (Lipinski definition) is 14. The molecule has 3 aromatic rings. The van der Waals surface area contributed by atoms with E-state index >= 15 is 4.39 Å². The number of nitrogens with one attached hydrogen (secondary N) is 1. The number of ether oxygens (including phenoxy) is 1. The van der Waals surface area contributed by atoms with Crippen molar-refractivity contribution in [3.63, 3.8) is 0 Å². The smallest absolute Gasteiger partial charge is 0.325 e. The Labute approximate surface area is 231 Å². The maximum absolute atomic E-state index is 15.8. The van der Waals surface area contributed by atoms with Crippen LogP contribution in [0.25, 0.3) is 16.9 Å². The number of imidazole rings is 2. The highest BCUT2D eigenvalue weighted by Crippen LogP contribution is 2.52. The molecule has 3 aliphatic rings. The minimum atomic E-state index is -4.15. The quantitative estimate of drug-likeness (QED) is 0.260. The first kappa shape index (κ1) is 27.6. The van der Waals surface area contributed by atoms with Gasteiger partial charge in [0.25, 0.3) is 7.47 Å². The number of nitrogens with zero attached hydrogens (tertiary/aromatic N) is 7. The van der Waals surface area contributed by atoms with Crippen molar-refractivity contribution in [1.82, 2.24) is 34.4 Å². The number of halogens is 1. The predicted molar refractivity (Wildman–Crippen MR) is 141 cm³/mol. The summed E-state index contributed by atoms with van der Waals surface area (Å²) in [4.78, 5) is 32.0. The van der Waals surface area contributed by atoms with Crippen molar-refractivity contribution in [3.05, 3.63) is 36.9 Å². The van der Waals surface area contributed by atoms with E-state index in [9.17, 15) is 9.46 Å².